The lowest BCUT2D eigenvalue weighted by atomic mass is 10.2. The van der Waals surface area contributed by atoms with Crippen molar-refractivity contribution in [2.24, 2.45) is 5.73 Å². The summed E-state index contributed by atoms with van der Waals surface area (Å²) < 4.78 is 26.4. The predicted molar refractivity (Wildman–Crippen MR) is 73.9 cm³/mol. The number of sulfonamides is 1. The largest absolute Gasteiger partial charge is 0.330 e. The first-order valence-electron chi connectivity index (χ1n) is 6.32. The molecule has 1 aromatic rings. The summed E-state index contributed by atoms with van der Waals surface area (Å²) in [6.07, 6.45) is 3.92. The second kappa shape index (κ2) is 7.51. The smallest absolute Gasteiger partial charge is 0.240 e. The van der Waals surface area contributed by atoms with Crippen molar-refractivity contribution >= 4 is 10.0 Å². The molecule has 0 saturated carbocycles. The van der Waals surface area contributed by atoms with Crippen molar-refractivity contribution in [3.8, 4) is 0 Å². The zero-order valence-electron chi connectivity index (χ0n) is 10.9. The van der Waals surface area contributed by atoms with Crippen LogP contribution < -0.4 is 10.5 Å². The fourth-order valence-electron chi connectivity index (χ4n) is 1.63. The number of nitrogens with two attached hydrogens (primary N) is 1. The van der Waals surface area contributed by atoms with Crippen molar-refractivity contribution in [2.45, 2.75) is 37.5 Å². The van der Waals surface area contributed by atoms with Crippen LogP contribution in [-0.4, -0.2) is 21.5 Å². The number of nitrogens with one attached hydrogen (secondary N) is 1. The first-order chi connectivity index (χ1) is 8.56. The number of hydrogen-bond acceptors (Lipinski definition) is 3. The average Bonchev–Trinajstić information content (AvgIpc) is 2.34. The van der Waals surface area contributed by atoms with Gasteiger partial charge in [0.25, 0.3) is 0 Å². The van der Waals surface area contributed by atoms with Crippen LogP contribution in [0.2, 0.25) is 0 Å². The lowest BCUT2D eigenvalue weighted by molar-refractivity contribution is 0.572. The van der Waals surface area contributed by atoms with Crippen LogP contribution in [0, 0.1) is 6.92 Å². The molecule has 0 fully saturated rings. The molecule has 18 heavy (non-hydrogen) atoms. The normalized spacial score (nSPS) is 11.7. The molecule has 0 atom stereocenters. The van der Waals surface area contributed by atoms with Gasteiger partial charge >= 0.3 is 0 Å². The Labute approximate surface area is 110 Å². The fraction of sp³-hybridized carbons (Fsp3) is 0.538. The van der Waals surface area contributed by atoms with Crippen LogP contribution in [0.15, 0.2) is 29.2 Å². The molecule has 0 bridgehead atoms. The Morgan fingerprint density at radius 1 is 1.06 bits per heavy atom. The molecule has 0 radical (unpaired) electrons. The summed E-state index contributed by atoms with van der Waals surface area (Å²) in [5, 5.41) is 0. The molecule has 0 aliphatic heterocycles. The number of rotatable bonds is 8. The van der Waals surface area contributed by atoms with Crippen LogP contribution in [0.5, 0.6) is 0 Å². The maximum Gasteiger partial charge on any atom is 0.240 e. The first-order valence-corrected chi connectivity index (χ1v) is 7.81. The summed E-state index contributed by atoms with van der Waals surface area (Å²) in [6.45, 7) is 3.12. The van der Waals surface area contributed by atoms with E-state index in [-0.39, 0.29) is 0 Å². The molecule has 0 unspecified atom stereocenters. The Bertz CT molecular complexity index is 441. The van der Waals surface area contributed by atoms with Gasteiger partial charge < -0.3 is 5.73 Å². The van der Waals surface area contributed by atoms with Crippen molar-refractivity contribution in [1.82, 2.24) is 4.72 Å². The van der Waals surface area contributed by atoms with Gasteiger partial charge in [0.1, 0.15) is 0 Å². The van der Waals surface area contributed by atoms with Gasteiger partial charge in [-0.3, -0.25) is 0 Å². The van der Waals surface area contributed by atoms with Gasteiger partial charge in [0, 0.05) is 6.54 Å². The second-order valence-corrected chi connectivity index (χ2v) is 6.18. The molecule has 4 nitrogen and oxygen atoms in total. The molecule has 0 spiro atoms. The molecule has 0 aromatic heterocycles. The predicted octanol–water partition coefficient (Wildman–Crippen LogP) is 1.79. The van der Waals surface area contributed by atoms with E-state index in [2.05, 4.69) is 4.72 Å². The molecule has 102 valence electrons. The number of aryl methyl sites for hydroxylation is 1. The van der Waals surface area contributed by atoms with Gasteiger partial charge in [0.05, 0.1) is 4.90 Å². The van der Waals surface area contributed by atoms with Crippen LogP contribution in [0.3, 0.4) is 0 Å². The number of unbranched alkanes of at least 4 members (excludes halogenated alkanes) is 3. The van der Waals surface area contributed by atoms with E-state index in [0.29, 0.717) is 18.0 Å². The van der Waals surface area contributed by atoms with Crippen molar-refractivity contribution in [2.75, 3.05) is 13.1 Å². The summed E-state index contributed by atoms with van der Waals surface area (Å²) in [7, 11) is -3.34. The van der Waals surface area contributed by atoms with E-state index in [1.807, 2.05) is 6.92 Å². The Kier molecular flexibility index (Phi) is 6.32. The van der Waals surface area contributed by atoms with Crippen LogP contribution in [0.4, 0.5) is 0 Å². The molecule has 0 amide bonds. The topological polar surface area (TPSA) is 72.2 Å². The Balaban J connectivity index is 2.38. The summed E-state index contributed by atoms with van der Waals surface area (Å²) in [6, 6.07) is 6.86. The highest BCUT2D eigenvalue weighted by Crippen LogP contribution is 2.10. The lowest BCUT2D eigenvalue weighted by Gasteiger charge is -2.06. The van der Waals surface area contributed by atoms with E-state index in [1.165, 1.54) is 0 Å². The quantitative estimate of drug-likeness (QED) is 0.707. The zero-order chi connectivity index (χ0) is 13.4. The minimum atomic E-state index is -3.34. The van der Waals surface area contributed by atoms with Gasteiger partial charge in [-0.1, -0.05) is 30.5 Å². The maximum absolute atomic E-state index is 11.9. The monoisotopic (exact) mass is 270 g/mol. The molecular weight excluding hydrogens is 248 g/mol. The Morgan fingerprint density at radius 3 is 2.28 bits per heavy atom. The highest BCUT2D eigenvalue weighted by Gasteiger charge is 2.12. The Morgan fingerprint density at radius 2 is 1.67 bits per heavy atom. The van der Waals surface area contributed by atoms with Crippen LogP contribution in [-0.2, 0) is 10.0 Å². The molecule has 0 saturated heterocycles. The number of benzene rings is 1. The molecule has 0 heterocycles. The minimum absolute atomic E-state index is 0.329. The molecule has 0 aliphatic rings. The lowest BCUT2D eigenvalue weighted by Crippen LogP contribution is -2.24. The number of hydrogen-bond donors (Lipinski definition) is 2. The molecule has 5 heteroatoms. The van der Waals surface area contributed by atoms with Crippen molar-refractivity contribution in [3.63, 3.8) is 0 Å². The van der Waals surface area contributed by atoms with Gasteiger partial charge in [-0.05, 0) is 38.4 Å². The zero-order valence-corrected chi connectivity index (χ0v) is 11.7. The third kappa shape index (κ3) is 5.16. The highest BCUT2D eigenvalue weighted by molar-refractivity contribution is 7.89. The molecular formula is C13H22N2O2S. The standard InChI is InChI=1S/C13H22N2O2S/c1-12-6-8-13(9-7-12)18(16,17)15-11-5-3-2-4-10-14/h6-9,15H,2-5,10-11,14H2,1H3. The van der Waals surface area contributed by atoms with Crippen molar-refractivity contribution < 1.29 is 8.42 Å². The average molecular weight is 270 g/mol. The van der Waals surface area contributed by atoms with E-state index >= 15 is 0 Å². The first kappa shape index (κ1) is 15.1. The van der Waals surface area contributed by atoms with E-state index in [0.717, 1.165) is 31.2 Å². The SMILES string of the molecule is Cc1ccc(S(=O)(=O)NCCCCCCN)cc1. The van der Waals surface area contributed by atoms with Crippen LogP contribution >= 0.6 is 0 Å². The Hall–Kier alpha value is -0.910. The maximum atomic E-state index is 11.9. The van der Waals surface area contributed by atoms with Gasteiger partial charge in [-0.2, -0.15) is 0 Å². The highest BCUT2D eigenvalue weighted by atomic mass is 32.2. The summed E-state index contributed by atoms with van der Waals surface area (Å²) in [5.74, 6) is 0. The minimum Gasteiger partial charge on any atom is -0.330 e. The van der Waals surface area contributed by atoms with Crippen LogP contribution in [0.1, 0.15) is 31.2 Å². The second-order valence-electron chi connectivity index (χ2n) is 4.41. The van der Waals surface area contributed by atoms with Crippen molar-refractivity contribution in [1.29, 1.82) is 0 Å². The third-order valence-corrected chi connectivity index (χ3v) is 4.23. The van der Waals surface area contributed by atoms with Crippen molar-refractivity contribution in [3.05, 3.63) is 29.8 Å². The van der Waals surface area contributed by atoms with E-state index in [4.69, 9.17) is 5.73 Å². The van der Waals surface area contributed by atoms with Gasteiger partial charge in [0.2, 0.25) is 10.0 Å². The third-order valence-electron chi connectivity index (χ3n) is 2.75. The van der Waals surface area contributed by atoms with Crippen LogP contribution in [0.25, 0.3) is 0 Å². The van der Waals surface area contributed by atoms with Gasteiger partial charge in [0.15, 0.2) is 0 Å². The molecule has 0 aliphatic carbocycles. The molecule has 3 N–H and O–H groups in total. The summed E-state index contributed by atoms with van der Waals surface area (Å²) in [4.78, 5) is 0.329. The van der Waals surface area contributed by atoms with E-state index in [9.17, 15) is 8.42 Å². The van der Waals surface area contributed by atoms with Gasteiger partial charge in [-0.15, -0.1) is 0 Å². The van der Waals surface area contributed by atoms with Gasteiger partial charge in [-0.25, -0.2) is 13.1 Å². The molecule has 1 rings (SSSR count). The summed E-state index contributed by atoms with van der Waals surface area (Å²) in [5.41, 5.74) is 6.44. The van der Waals surface area contributed by atoms with E-state index in [1.54, 1.807) is 24.3 Å². The fourth-order valence-corrected chi connectivity index (χ4v) is 2.70. The summed E-state index contributed by atoms with van der Waals surface area (Å²) >= 11 is 0. The van der Waals surface area contributed by atoms with E-state index < -0.39 is 10.0 Å². The molecule has 1 aromatic carbocycles.